The van der Waals surface area contributed by atoms with Crippen molar-refractivity contribution in [3.8, 4) is 0 Å². The van der Waals surface area contributed by atoms with E-state index in [-0.39, 0.29) is 29.9 Å². The summed E-state index contributed by atoms with van der Waals surface area (Å²) in [5.74, 6) is 0.117. The monoisotopic (exact) mass is 411 g/mol. The van der Waals surface area contributed by atoms with E-state index in [1.165, 1.54) is 5.56 Å². The normalized spacial score (nSPS) is 21.7. The second kappa shape index (κ2) is 9.02. The highest BCUT2D eigenvalue weighted by Gasteiger charge is 2.38. The number of fused-ring (bicyclic) bond motifs is 1. The van der Waals surface area contributed by atoms with E-state index >= 15 is 0 Å². The molecule has 29 heavy (non-hydrogen) atoms. The van der Waals surface area contributed by atoms with E-state index in [1.807, 2.05) is 24.4 Å². The van der Waals surface area contributed by atoms with Gasteiger partial charge in [0.1, 0.15) is 0 Å². The van der Waals surface area contributed by atoms with Crippen LogP contribution < -0.4 is 5.32 Å². The molecule has 4 nitrogen and oxygen atoms in total. The molecule has 5 heteroatoms. The van der Waals surface area contributed by atoms with Gasteiger partial charge in [-0.3, -0.25) is 9.69 Å². The quantitative estimate of drug-likeness (QED) is 0.642. The van der Waals surface area contributed by atoms with Gasteiger partial charge >= 0.3 is 0 Å². The highest BCUT2D eigenvalue weighted by Crippen LogP contribution is 2.41. The molecule has 1 fully saturated rings. The fourth-order valence-electron chi connectivity index (χ4n) is 4.71. The summed E-state index contributed by atoms with van der Waals surface area (Å²) in [5.41, 5.74) is 3.60. The van der Waals surface area contributed by atoms with Crippen molar-refractivity contribution in [2.45, 2.75) is 43.7 Å². The third-order valence-electron chi connectivity index (χ3n) is 6.37. The molecule has 1 aromatic heterocycles. The number of H-pyrrole nitrogens is 1. The maximum Gasteiger partial charge on any atom is 0.224 e. The van der Waals surface area contributed by atoms with Crippen molar-refractivity contribution in [1.82, 2.24) is 15.2 Å². The van der Waals surface area contributed by atoms with E-state index in [0.29, 0.717) is 6.42 Å². The highest BCUT2D eigenvalue weighted by molar-refractivity contribution is 5.88. The molecule has 3 aromatic rings. The number of aromatic amines is 1. The zero-order chi connectivity index (χ0) is 19.6. The first-order chi connectivity index (χ1) is 13.6. The smallest absolute Gasteiger partial charge is 0.224 e. The molecule has 0 saturated heterocycles. The lowest BCUT2D eigenvalue weighted by Gasteiger charge is -2.45. The van der Waals surface area contributed by atoms with Gasteiger partial charge < -0.3 is 10.3 Å². The predicted molar refractivity (Wildman–Crippen MR) is 121 cm³/mol. The maximum atomic E-state index is 12.7. The number of para-hydroxylation sites is 1. The molecule has 0 unspecified atom stereocenters. The van der Waals surface area contributed by atoms with Crippen molar-refractivity contribution in [3.05, 3.63) is 71.9 Å². The van der Waals surface area contributed by atoms with Crippen molar-refractivity contribution in [1.29, 1.82) is 0 Å². The Hall–Kier alpha value is -2.30. The van der Waals surface area contributed by atoms with Gasteiger partial charge in [-0.1, -0.05) is 48.5 Å². The summed E-state index contributed by atoms with van der Waals surface area (Å²) >= 11 is 0. The van der Waals surface area contributed by atoms with Crippen LogP contribution in [0.2, 0.25) is 0 Å². The van der Waals surface area contributed by atoms with Crippen molar-refractivity contribution in [2.24, 2.45) is 0 Å². The molecule has 1 aliphatic carbocycles. The third kappa shape index (κ3) is 4.34. The van der Waals surface area contributed by atoms with Gasteiger partial charge in [0.05, 0.1) is 6.42 Å². The van der Waals surface area contributed by atoms with E-state index < -0.39 is 0 Å². The van der Waals surface area contributed by atoms with Crippen LogP contribution in [-0.4, -0.2) is 35.9 Å². The van der Waals surface area contributed by atoms with Gasteiger partial charge in [-0.2, -0.15) is 0 Å². The Bertz CT molecular complexity index is 943. The van der Waals surface area contributed by atoms with E-state index in [0.717, 1.165) is 42.1 Å². The van der Waals surface area contributed by atoms with Crippen molar-refractivity contribution >= 4 is 29.2 Å². The van der Waals surface area contributed by atoms with Crippen molar-refractivity contribution < 1.29 is 4.79 Å². The maximum absolute atomic E-state index is 12.7. The summed E-state index contributed by atoms with van der Waals surface area (Å²) in [6, 6.07) is 19.2. The first-order valence-corrected chi connectivity index (χ1v) is 10.2. The third-order valence-corrected chi connectivity index (χ3v) is 6.37. The second-order valence-electron chi connectivity index (χ2n) is 8.17. The lowest BCUT2D eigenvalue weighted by molar-refractivity contribution is -0.121. The minimum Gasteiger partial charge on any atom is -0.361 e. The minimum atomic E-state index is 0. The van der Waals surface area contributed by atoms with E-state index in [9.17, 15) is 4.79 Å². The molecule has 154 valence electrons. The molecule has 1 aliphatic rings. The van der Waals surface area contributed by atoms with E-state index in [1.54, 1.807) is 0 Å². The number of benzene rings is 2. The molecule has 0 radical (unpaired) electrons. The van der Waals surface area contributed by atoms with E-state index in [2.05, 4.69) is 65.7 Å². The van der Waals surface area contributed by atoms with Gasteiger partial charge in [-0.15, -0.1) is 12.4 Å². The molecule has 0 bridgehead atoms. The zero-order valence-corrected chi connectivity index (χ0v) is 18.0. The molecule has 1 amide bonds. The number of carbonyl (C=O) groups is 1. The first-order valence-electron chi connectivity index (χ1n) is 10.2. The summed E-state index contributed by atoms with van der Waals surface area (Å²) in [5, 5.41) is 4.41. The Labute approximate surface area is 179 Å². The highest BCUT2D eigenvalue weighted by atomic mass is 35.5. The van der Waals surface area contributed by atoms with Crippen molar-refractivity contribution in [3.63, 3.8) is 0 Å². The van der Waals surface area contributed by atoms with Crippen LogP contribution in [0.4, 0.5) is 0 Å². The standard InChI is InChI=1S/C24H29N3O.ClH/c1-27(2)24(19-8-4-3-5-9-19)14-12-20(13-15-24)26-23(28)16-18-17-25-22-11-7-6-10-21(18)22;/h3-11,17,20,25H,12-16H2,1-2H3,(H,26,28);1H. The summed E-state index contributed by atoms with van der Waals surface area (Å²) in [7, 11) is 4.34. The minimum absolute atomic E-state index is 0. The van der Waals surface area contributed by atoms with Crippen LogP contribution in [0.25, 0.3) is 10.9 Å². The number of hydrogen-bond acceptors (Lipinski definition) is 2. The molecular formula is C24H30ClN3O. The average Bonchev–Trinajstić information content (AvgIpc) is 3.12. The second-order valence-corrected chi connectivity index (χ2v) is 8.17. The molecule has 0 atom stereocenters. The molecule has 2 aromatic carbocycles. The molecular weight excluding hydrogens is 382 g/mol. The van der Waals surface area contributed by atoms with Crippen LogP contribution in [0.5, 0.6) is 0 Å². The summed E-state index contributed by atoms with van der Waals surface area (Å²) in [4.78, 5) is 18.3. The van der Waals surface area contributed by atoms with Crippen LogP contribution in [-0.2, 0) is 16.8 Å². The lowest BCUT2D eigenvalue weighted by Crippen LogP contribution is -2.48. The van der Waals surface area contributed by atoms with Crippen LogP contribution >= 0.6 is 12.4 Å². The topological polar surface area (TPSA) is 48.1 Å². The molecule has 1 saturated carbocycles. The number of amides is 1. The summed E-state index contributed by atoms with van der Waals surface area (Å²) < 4.78 is 0. The molecule has 0 spiro atoms. The largest absolute Gasteiger partial charge is 0.361 e. The number of carbonyl (C=O) groups excluding carboxylic acids is 1. The Kier molecular flexibility index (Phi) is 6.66. The SMILES string of the molecule is CN(C)C1(c2ccccc2)CCC(NC(=O)Cc2c[nH]c3ccccc23)CC1.Cl. The zero-order valence-electron chi connectivity index (χ0n) is 17.2. The van der Waals surface area contributed by atoms with Gasteiger partial charge in [0.2, 0.25) is 5.91 Å². The predicted octanol–water partition coefficient (Wildman–Crippen LogP) is 4.65. The van der Waals surface area contributed by atoms with Crippen LogP contribution in [0.15, 0.2) is 60.8 Å². The number of nitrogens with zero attached hydrogens (tertiary/aromatic N) is 1. The van der Waals surface area contributed by atoms with Crippen molar-refractivity contribution in [2.75, 3.05) is 14.1 Å². The number of halogens is 1. The number of nitrogens with one attached hydrogen (secondary N) is 2. The fourth-order valence-corrected chi connectivity index (χ4v) is 4.71. The molecule has 1 heterocycles. The Morgan fingerprint density at radius 3 is 2.41 bits per heavy atom. The summed E-state index contributed by atoms with van der Waals surface area (Å²) in [6.07, 6.45) is 6.51. The lowest BCUT2D eigenvalue weighted by atomic mass is 9.74. The molecule has 2 N–H and O–H groups in total. The Morgan fingerprint density at radius 1 is 1.07 bits per heavy atom. The van der Waals surface area contributed by atoms with E-state index in [4.69, 9.17) is 0 Å². The van der Waals surface area contributed by atoms with Gasteiger partial charge in [-0.05, 0) is 57.0 Å². The average molecular weight is 412 g/mol. The molecule has 4 rings (SSSR count). The molecule has 0 aliphatic heterocycles. The van der Waals surface area contributed by atoms with Crippen LogP contribution in [0.1, 0.15) is 36.8 Å². The van der Waals surface area contributed by atoms with Crippen LogP contribution in [0, 0.1) is 0 Å². The first kappa shape index (κ1) is 21.4. The number of aromatic nitrogens is 1. The Balaban J connectivity index is 0.00000240. The fraction of sp³-hybridized carbons (Fsp3) is 0.375. The van der Waals surface area contributed by atoms with Gasteiger partial charge in [0.25, 0.3) is 0 Å². The van der Waals surface area contributed by atoms with Crippen LogP contribution in [0.3, 0.4) is 0 Å². The Morgan fingerprint density at radius 2 is 1.72 bits per heavy atom. The van der Waals surface area contributed by atoms with Gasteiger partial charge in [0, 0.05) is 28.7 Å². The van der Waals surface area contributed by atoms with Gasteiger partial charge in [-0.25, -0.2) is 0 Å². The number of rotatable bonds is 5. The van der Waals surface area contributed by atoms with Gasteiger partial charge in [0.15, 0.2) is 0 Å². The number of hydrogen-bond donors (Lipinski definition) is 2. The summed E-state index contributed by atoms with van der Waals surface area (Å²) in [6.45, 7) is 0.